The van der Waals surface area contributed by atoms with Gasteiger partial charge in [0.1, 0.15) is 0 Å². The van der Waals surface area contributed by atoms with Gasteiger partial charge in [0.05, 0.1) is 24.0 Å². The van der Waals surface area contributed by atoms with E-state index in [9.17, 15) is 18.0 Å². The Morgan fingerprint density at radius 1 is 1.31 bits per heavy atom. The quantitative estimate of drug-likeness (QED) is 0.544. The van der Waals surface area contributed by atoms with E-state index in [1.165, 1.54) is 11.4 Å². The molecule has 4 atom stereocenters. The number of Topliss-reactive ketones (excluding diaryl/α,β-unsaturated/α-hetero) is 1. The lowest BCUT2D eigenvalue weighted by Gasteiger charge is -2.48. The second-order valence-corrected chi connectivity index (χ2v) is 9.56. The molecule has 1 aromatic carbocycles. The Balaban J connectivity index is 2.07. The van der Waals surface area contributed by atoms with Crippen LogP contribution >= 0.6 is 0 Å². The number of ether oxygens (including phenoxy) is 1. The fraction of sp³-hybridized carbons (Fsp3) is 0.455. The topological polar surface area (TPSA) is 80.8 Å². The molecular formula is C22H27NO5S. The van der Waals surface area contributed by atoms with Crippen LogP contribution in [0, 0.1) is 24.7 Å². The van der Waals surface area contributed by atoms with Gasteiger partial charge < -0.3 is 4.74 Å². The maximum Gasteiger partial charge on any atom is 0.310 e. The highest BCUT2D eigenvalue weighted by atomic mass is 32.2. The first kappa shape index (κ1) is 21.5. The monoisotopic (exact) mass is 417 g/mol. The molecule has 7 heteroatoms. The summed E-state index contributed by atoms with van der Waals surface area (Å²) in [7, 11) is -2.54. The molecule has 1 saturated heterocycles. The van der Waals surface area contributed by atoms with Gasteiger partial charge >= 0.3 is 5.97 Å². The van der Waals surface area contributed by atoms with Crippen molar-refractivity contribution in [2.24, 2.45) is 17.8 Å². The second-order valence-electron chi connectivity index (χ2n) is 7.67. The number of carbonyl (C=O) groups excluding carboxylic acids is 2. The molecule has 0 aromatic heterocycles. The van der Waals surface area contributed by atoms with Crippen LogP contribution in [-0.4, -0.2) is 44.2 Å². The third-order valence-corrected chi connectivity index (χ3v) is 7.96. The van der Waals surface area contributed by atoms with Gasteiger partial charge in [0.2, 0.25) is 10.0 Å². The highest BCUT2D eigenvalue weighted by Crippen LogP contribution is 2.46. The van der Waals surface area contributed by atoms with Crippen molar-refractivity contribution in [2.45, 2.75) is 37.6 Å². The number of allylic oxidation sites excluding steroid dienone is 2. The number of benzene rings is 1. The summed E-state index contributed by atoms with van der Waals surface area (Å²) in [5, 5.41) is 0. The zero-order valence-corrected chi connectivity index (χ0v) is 17.8. The van der Waals surface area contributed by atoms with E-state index in [-0.39, 0.29) is 29.6 Å². The first-order valence-corrected chi connectivity index (χ1v) is 11.2. The molecule has 3 rings (SSSR count). The number of esters is 1. The number of piperidine rings is 1. The van der Waals surface area contributed by atoms with Crippen LogP contribution in [-0.2, 0) is 24.3 Å². The van der Waals surface area contributed by atoms with Crippen molar-refractivity contribution < 1.29 is 22.7 Å². The Kier molecular flexibility index (Phi) is 6.10. The van der Waals surface area contributed by atoms with Crippen molar-refractivity contribution in [1.29, 1.82) is 0 Å². The van der Waals surface area contributed by atoms with Gasteiger partial charge in [0.15, 0.2) is 5.78 Å². The molecule has 1 aliphatic heterocycles. The average molecular weight is 418 g/mol. The number of sulfonamides is 1. The van der Waals surface area contributed by atoms with E-state index in [0.717, 1.165) is 11.1 Å². The maximum atomic E-state index is 13.4. The van der Waals surface area contributed by atoms with Crippen molar-refractivity contribution in [3.05, 3.63) is 54.1 Å². The highest BCUT2D eigenvalue weighted by Gasteiger charge is 2.55. The summed E-state index contributed by atoms with van der Waals surface area (Å²) in [6.45, 7) is 7.53. The lowest BCUT2D eigenvalue weighted by Crippen LogP contribution is -2.59. The third-order valence-electron chi connectivity index (χ3n) is 6.09. The Bertz CT molecular complexity index is 946. The molecule has 1 saturated carbocycles. The predicted molar refractivity (Wildman–Crippen MR) is 110 cm³/mol. The number of aryl methyl sites for hydroxylation is 1. The lowest BCUT2D eigenvalue weighted by molar-refractivity contribution is -0.156. The molecule has 2 bridgehead atoms. The number of carbonyl (C=O) groups is 2. The number of ketones is 1. The Morgan fingerprint density at radius 2 is 1.97 bits per heavy atom. The molecule has 1 aliphatic carbocycles. The number of rotatable bonds is 5. The molecule has 2 aliphatic rings. The van der Waals surface area contributed by atoms with Crippen molar-refractivity contribution in [3.63, 3.8) is 0 Å². The normalized spacial score (nSPS) is 28.9. The summed E-state index contributed by atoms with van der Waals surface area (Å²) < 4.78 is 33.0. The second kappa shape index (κ2) is 8.24. The van der Waals surface area contributed by atoms with Gasteiger partial charge in [-0.15, -0.1) is 6.58 Å². The van der Waals surface area contributed by atoms with Crippen molar-refractivity contribution in [2.75, 3.05) is 13.7 Å². The molecular weight excluding hydrogens is 390 g/mol. The number of nitrogens with zero attached hydrogens (tertiary/aromatic N) is 1. The summed E-state index contributed by atoms with van der Waals surface area (Å²) in [4.78, 5) is 26.0. The maximum absolute atomic E-state index is 13.4. The minimum absolute atomic E-state index is 0.0993. The molecule has 0 N–H and O–H groups in total. The van der Waals surface area contributed by atoms with Crippen molar-refractivity contribution >= 4 is 21.8 Å². The Hall–Kier alpha value is -2.25. The zero-order chi connectivity index (χ0) is 21.3. The first-order valence-electron chi connectivity index (χ1n) is 9.72. The minimum Gasteiger partial charge on any atom is -0.469 e. The standard InChI is InChI=1S/C22H27NO5S/c1-5-7-17-20(22(25)28-4)18-12-19(21(17)24)23(13-15(18)6-2)29(26,27)16-10-8-14(3)9-11-16/h5-6,8-11,17-20H,1,7,12-13H2,2-4H3/b15-6-/t17-,18-,19-,20-/m0/s1. The van der Waals surface area contributed by atoms with Gasteiger partial charge in [0, 0.05) is 12.5 Å². The molecule has 0 radical (unpaired) electrons. The zero-order valence-electron chi connectivity index (χ0n) is 17.0. The molecule has 0 unspecified atom stereocenters. The van der Waals surface area contributed by atoms with E-state index in [2.05, 4.69) is 6.58 Å². The Morgan fingerprint density at radius 3 is 2.52 bits per heavy atom. The average Bonchev–Trinajstić information content (AvgIpc) is 2.71. The van der Waals surface area contributed by atoms with Crippen molar-refractivity contribution in [1.82, 2.24) is 4.31 Å². The van der Waals surface area contributed by atoms with Gasteiger partial charge in [-0.3, -0.25) is 9.59 Å². The first-order chi connectivity index (χ1) is 13.8. The van der Waals surface area contributed by atoms with Crippen LogP contribution in [0.5, 0.6) is 0 Å². The third kappa shape index (κ3) is 3.69. The molecule has 1 heterocycles. The van der Waals surface area contributed by atoms with Crippen LogP contribution < -0.4 is 0 Å². The van der Waals surface area contributed by atoms with Gasteiger partial charge in [-0.2, -0.15) is 4.31 Å². The molecule has 0 spiro atoms. The van der Waals surface area contributed by atoms with Crippen molar-refractivity contribution in [3.8, 4) is 0 Å². The number of hydrogen-bond acceptors (Lipinski definition) is 5. The van der Waals surface area contributed by atoms with E-state index in [4.69, 9.17) is 4.74 Å². The summed E-state index contributed by atoms with van der Waals surface area (Å²) in [5.41, 5.74) is 1.80. The van der Waals surface area contributed by atoms with Gasteiger partial charge in [-0.1, -0.05) is 35.4 Å². The molecule has 6 nitrogen and oxygen atoms in total. The van der Waals surface area contributed by atoms with Crippen LogP contribution in [0.15, 0.2) is 53.5 Å². The molecule has 0 amide bonds. The summed E-state index contributed by atoms with van der Waals surface area (Å²) in [5.74, 6) is -2.14. The molecule has 2 fully saturated rings. The highest BCUT2D eigenvalue weighted by molar-refractivity contribution is 7.89. The predicted octanol–water partition coefficient (Wildman–Crippen LogP) is 2.88. The molecule has 156 valence electrons. The SMILES string of the molecule is C=CC[C@@H]1C(=O)[C@@H]2C[C@@H](/C(=C\C)CN2S(=O)(=O)c2ccc(C)cc2)[C@H]1C(=O)OC. The summed E-state index contributed by atoms with van der Waals surface area (Å²) >= 11 is 0. The summed E-state index contributed by atoms with van der Waals surface area (Å²) in [6.07, 6.45) is 4.06. The minimum atomic E-state index is -3.86. The van der Waals surface area contributed by atoms with Crippen LogP contribution in [0.2, 0.25) is 0 Å². The van der Waals surface area contributed by atoms with E-state index < -0.39 is 33.9 Å². The van der Waals surface area contributed by atoms with E-state index in [1.54, 1.807) is 30.3 Å². The lowest BCUT2D eigenvalue weighted by atomic mass is 9.63. The van der Waals surface area contributed by atoms with Crippen LogP contribution in [0.1, 0.15) is 25.3 Å². The number of hydrogen-bond donors (Lipinski definition) is 0. The fourth-order valence-electron chi connectivity index (χ4n) is 4.57. The molecule has 1 aromatic rings. The Labute approximate surface area is 172 Å². The van der Waals surface area contributed by atoms with E-state index in [0.29, 0.717) is 6.42 Å². The largest absolute Gasteiger partial charge is 0.469 e. The van der Waals surface area contributed by atoms with E-state index >= 15 is 0 Å². The number of methoxy groups -OCH3 is 1. The van der Waals surface area contributed by atoms with Gasteiger partial charge in [-0.25, -0.2) is 8.42 Å². The van der Waals surface area contributed by atoms with Crippen LogP contribution in [0.4, 0.5) is 0 Å². The van der Waals surface area contributed by atoms with Crippen LogP contribution in [0.25, 0.3) is 0 Å². The molecule has 29 heavy (non-hydrogen) atoms. The summed E-state index contributed by atoms with van der Waals surface area (Å²) in [6, 6.07) is 5.83. The fourth-order valence-corrected chi connectivity index (χ4v) is 6.16. The van der Waals surface area contributed by atoms with Crippen LogP contribution in [0.3, 0.4) is 0 Å². The smallest absolute Gasteiger partial charge is 0.310 e. The number of fused-ring (bicyclic) bond motifs is 2. The van der Waals surface area contributed by atoms with E-state index in [1.807, 2.05) is 19.9 Å². The van der Waals surface area contributed by atoms with Gasteiger partial charge in [0.25, 0.3) is 0 Å². The van der Waals surface area contributed by atoms with Gasteiger partial charge in [-0.05, 0) is 44.7 Å².